The molecule has 76 valence electrons. The van der Waals surface area contributed by atoms with Gasteiger partial charge in [0.05, 0.1) is 6.61 Å². The predicted octanol–water partition coefficient (Wildman–Crippen LogP) is -1.40. The van der Waals surface area contributed by atoms with Crippen LogP contribution in [0.15, 0.2) is 0 Å². The molecule has 1 saturated heterocycles. The Morgan fingerprint density at radius 3 is 3.00 bits per heavy atom. The highest BCUT2D eigenvalue weighted by atomic mass is 16.5. The molecule has 13 heavy (non-hydrogen) atoms. The Morgan fingerprint density at radius 1 is 1.69 bits per heavy atom. The third kappa shape index (κ3) is 3.71. The molecule has 1 rings (SSSR count). The molecule has 1 amide bonds. The number of amides is 1. The number of aliphatic hydroxyl groups is 1. The fourth-order valence-electron chi connectivity index (χ4n) is 1.27. The molecular weight excluding hydrogens is 172 g/mol. The van der Waals surface area contributed by atoms with E-state index in [-0.39, 0.29) is 5.91 Å². The van der Waals surface area contributed by atoms with Crippen LogP contribution >= 0.6 is 0 Å². The van der Waals surface area contributed by atoms with Gasteiger partial charge in [-0.1, -0.05) is 0 Å². The topological polar surface area (TPSA) is 84.6 Å². The second-order valence-electron chi connectivity index (χ2n) is 3.42. The molecule has 0 spiro atoms. The Bertz CT molecular complexity index is 178. The average molecular weight is 188 g/mol. The zero-order valence-corrected chi connectivity index (χ0v) is 7.58. The molecule has 1 heterocycles. The third-order valence-electron chi connectivity index (χ3n) is 2.08. The van der Waals surface area contributed by atoms with Crippen LogP contribution in [0.4, 0.5) is 0 Å². The summed E-state index contributed by atoms with van der Waals surface area (Å²) in [5.74, 6) is -0.331. The normalized spacial score (nSPS) is 27.8. The van der Waals surface area contributed by atoms with Crippen LogP contribution in [0.2, 0.25) is 0 Å². The van der Waals surface area contributed by atoms with Gasteiger partial charge in [-0.2, -0.15) is 0 Å². The quantitative estimate of drug-likeness (QED) is 0.463. The van der Waals surface area contributed by atoms with Crippen LogP contribution in [-0.2, 0) is 9.53 Å². The van der Waals surface area contributed by atoms with Crippen molar-refractivity contribution in [1.29, 1.82) is 0 Å². The first kappa shape index (κ1) is 10.4. The Morgan fingerprint density at radius 2 is 2.46 bits per heavy atom. The molecule has 0 bridgehead atoms. The molecule has 1 fully saturated rings. The molecule has 0 saturated carbocycles. The zero-order valence-electron chi connectivity index (χ0n) is 7.58. The van der Waals surface area contributed by atoms with E-state index in [1.54, 1.807) is 0 Å². The minimum atomic E-state index is -0.752. The van der Waals surface area contributed by atoms with Crippen LogP contribution in [0.1, 0.15) is 12.8 Å². The highest BCUT2D eigenvalue weighted by Gasteiger charge is 2.31. The number of primary amides is 1. The maximum atomic E-state index is 10.4. The van der Waals surface area contributed by atoms with E-state index in [4.69, 9.17) is 10.5 Å². The molecule has 0 aromatic heterocycles. The molecule has 1 atom stereocenters. The van der Waals surface area contributed by atoms with Crippen molar-refractivity contribution in [1.82, 2.24) is 5.32 Å². The SMILES string of the molecule is NC(=O)CCNCC1(O)CCOC1. The smallest absolute Gasteiger partial charge is 0.218 e. The lowest BCUT2D eigenvalue weighted by Gasteiger charge is -2.20. The van der Waals surface area contributed by atoms with E-state index in [9.17, 15) is 9.90 Å². The van der Waals surface area contributed by atoms with Crippen molar-refractivity contribution >= 4 is 5.91 Å². The molecule has 0 aromatic rings. The lowest BCUT2D eigenvalue weighted by atomic mass is 10.0. The molecule has 0 radical (unpaired) electrons. The van der Waals surface area contributed by atoms with Crippen LogP contribution in [0.25, 0.3) is 0 Å². The maximum absolute atomic E-state index is 10.4. The highest BCUT2D eigenvalue weighted by Crippen LogP contribution is 2.16. The third-order valence-corrected chi connectivity index (χ3v) is 2.08. The first-order valence-electron chi connectivity index (χ1n) is 4.42. The number of carbonyl (C=O) groups excluding carboxylic acids is 1. The molecule has 4 N–H and O–H groups in total. The van der Waals surface area contributed by atoms with Crippen molar-refractivity contribution in [2.75, 3.05) is 26.3 Å². The van der Waals surface area contributed by atoms with Gasteiger partial charge in [0.2, 0.25) is 5.91 Å². The first-order valence-corrected chi connectivity index (χ1v) is 4.42. The Balaban J connectivity index is 2.07. The summed E-state index contributed by atoms with van der Waals surface area (Å²) in [6.07, 6.45) is 0.952. The van der Waals surface area contributed by atoms with Crippen LogP contribution < -0.4 is 11.1 Å². The van der Waals surface area contributed by atoms with E-state index in [0.29, 0.717) is 39.1 Å². The average Bonchev–Trinajstić information content (AvgIpc) is 2.47. The number of rotatable bonds is 5. The zero-order chi connectivity index (χ0) is 9.73. The summed E-state index contributed by atoms with van der Waals surface area (Å²) in [5, 5.41) is 12.7. The van der Waals surface area contributed by atoms with Gasteiger partial charge in [-0.05, 0) is 0 Å². The van der Waals surface area contributed by atoms with E-state index >= 15 is 0 Å². The van der Waals surface area contributed by atoms with Gasteiger partial charge in [0.15, 0.2) is 0 Å². The van der Waals surface area contributed by atoms with Crippen molar-refractivity contribution in [3.8, 4) is 0 Å². The van der Waals surface area contributed by atoms with Crippen molar-refractivity contribution in [2.45, 2.75) is 18.4 Å². The van der Waals surface area contributed by atoms with E-state index in [2.05, 4.69) is 5.32 Å². The second-order valence-corrected chi connectivity index (χ2v) is 3.42. The van der Waals surface area contributed by atoms with Crippen LogP contribution in [0.5, 0.6) is 0 Å². The van der Waals surface area contributed by atoms with Crippen LogP contribution in [0, 0.1) is 0 Å². The van der Waals surface area contributed by atoms with Gasteiger partial charge in [-0.25, -0.2) is 0 Å². The monoisotopic (exact) mass is 188 g/mol. The molecule has 0 aliphatic carbocycles. The van der Waals surface area contributed by atoms with Gasteiger partial charge in [0.1, 0.15) is 5.60 Å². The number of ether oxygens (including phenoxy) is 1. The Kier molecular flexibility index (Phi) is 3.65. The molecule has 5 heteroatoms. The second kappa shape index (κ2) is 4.55. The number of carbonyl (C=O) groups is 1. The summed E-state index contributed by atoms with van der Waals surface area (Å²) < 4.78 is 5.06. The lowest BCUT2D eigenvalue weighted by Crippen LogP contribution is -2.41. The van der Waals surface area contributed by atoms with Gasteiger partial charge in [-0.3, -0.25) is 4.79 Å². The predicted molar refractivity (Wildman–Crippen MR) is 47.1 cm³/mol. The summed E-state index contributed by atoms with van der Waals surface area (Å²) in [4.78, 5) is 10.4. The highest BCUT2D eigenvalue weighted by molar-refractivity contribution is 5.73. The van der Waals surface area contributed by atoms with Gasteiger partial charge in [0.25, 0.3) is 0 Å². The summed E-state index contributed by atoms with van der Waals surface area (Å²) in [7, 11) is 0. The summed E-state index contributed by atoms with van der Waals surface area (Å²) in [6, 6.07) is 0. The number of hydrogen-bond acceptors (Lipinski definition) is 4. The molecular formula is C8H16N2O3. The van der Waals surface area contributed by atoms with Crippen molar-refractivity contribution in [3.05, 3.63) is 0 Å². The van der Waals surface area contributed by atoms with E-state index in [1.807, 2.05) is 0 Å². The van der Waals surface area contributed by atoms with Crippen molar-refractivity contribution in [2.24, 2.45) is 5.73 Å². The molecule has 5 nitrogen and oxygen atoms in total. The largest absolute Gasteiger partial charge is 0.386 e. The standard InChI is InChI=1S/C8H16N2O3/c9-7(11)1-3-10-5-8(12)2-4-13-6-8/h10,12H,1-6H2,(H2,9,11). The van der Waals surface area contributed by atoms with E-state index in [0.717, 1.165) is 0 Å². The summed E-state index contributed by atoms with van der Waals surface area (Å²) >= 11 is 0. The molecule has 1 aliphatic heterocycles. The Hall–Kier alpha value is -0.650. The number of hydrogen-bond donors (Lipinski definition) is 3. The fourth-order valence-corrected chi connectivity index (χ4v) is 1.27. The summed E-state index contributed by atoms with van der Waals surface area (Å²) in [5.41, 5.74) is 4.20. The maximum Gasteiger partial charge on any atom is 0.218 e. The number of nitrogens with one attached hydrogen (secondary N) is 1. The summed E-state index contributed by atoms with van der Waals surface area (Å²) in [6.45, 7) is 1.95. The molecule has 1 aliphatic rings. The minimum Gasteiger partial charge on any atom is -0.386 e. The van der Waals surface area contributed by atoms with Crippen LogP contribution in [-0.4, -0.2) is 42.9 Å². The fraction of sp³-hybridized carbons (Fsp3) is 0.875. The number of nitrogens with two attached hydrogens (primary N) is 1. The lowest BCUT2D eigenvalue weighted by molar-refractivity contribution is -0.118. The van der Waals surface area contributed by atoms with Gasteiger partial charge >= 0.3 is 0 Å². The van der Waals surface area contributed by atoms with E-state index in [1.165, 1.54) is 0 Å². The van der Waals surface area contributed by atoms with Crippen molar-refractivity contribution in [3.63, 3.8) is 0 Å². The van der Waals surface area contributed by atoms with Crippen LogP contribution in [0.3, 0.4) is 0 Å². The Labute approximate surface area is 77.2 Å². The molecule has 0 aromatic carbocycles. The van der Waals surface area contributed by atoms with Crippen molar-refractivity contribution < 1.29 is 14.6 Å². The first-order chi connectivity index (χ1) is 6.12. The van der Waals surface area contributed by atoms with Gasteiger partial charge in [-0.15, -0.1) is 0 Å². The van der Waals surface area contributed by atoms with E-state index < -0.39 is 5.60 Å². The molecule has 1 unspecified atom stereocenters. The van der Waals surface area contributed by atoms with Gasteiger partial charge < -0.3 is 20.9 Å². The van der Waals surface area contributed by atoms with Gasteiger partial charge in [0, 0.05) is 32.5 Å². The minimum absolute atomic E-state index is 0.303.